The zero-order chi connectivity index (χ0) is 27.9. The van der Waals surface area contributed by atoms with E-state index < -0.39 is 51.0 Å². The van der Waals surface area contributed by atoms with Gasteiger partial charge in [-0.15, -0.1) is 0 Å². The maximum atomic E-state index is 11.7. The SMILES string of the molecule is CC(=O)N[C@H]1[C@H](OCCOCCOCCOP(=O)([O-])OCCCOCC(C)(C)C)O[C@H](CO)[C@H](O)[C@@H]1O. The Balaban J connectivity index is 2.10. The summed E-state index contributed by atoms with van der Waals surface area (Å²) in [6, 6.07) is -1.03. The molecule has 14 nitrogen and oxygen atoms in total. The molecular weight excluding hydrogens is 517 g/mol. The lowest BCUT2D eigenvalue weighted by Crippen LogP contribution is -2.64. The molecule has 1 aliphatic heterocycles. The fraction of sp³-hybridized carbons (Fsp3) is 0.955. The monoisotopic (exact) mass is 560 g/mol. The van der Waals surface area contributed by atoms with Crippen molar-refractivity contribution in [2.24, 2.45) is 5.41 Å². The van der Waals surface area contributed by atoms with E-state index in [1.807, 2.05) is 20.8 Å². The Bertz CT molecular complexity index is 677. The number of hydrogen-bond donors (Lipinski definition) is 4. The summed E-state index contributed by atoms with van der Waals surface area (Å²) in [5, 5.41) is 31.9. The zero-order valence-corrected chi connectivity index (χ0v) is 22.9. The highest BCUT2D eigenvalue weighted by atomic mass is 31.2. The summed E-state index contributed by atoms with van der Waals surface area (Å²) in [7, 11) is -4.41. The average molecular weight is 561 g/mol. The van der Waals surface area contributed by atoms with Crippen molar-refractivity contribution in [2.45, 2.75) is 64.8 Å². The van der Waals surface area contributed by atoms with E-state index in [0.717, 1.165) is 0 Å². The largest absolute Gasteiger partial charge is 0.756 e. The van der Waals surface area contributed by atoms with Crippen LogP contribution in [0.15, 0.2) is 0 Å². The molecule has 37 heavy (non-hydrogen) atoms. The first-order chi connectivity index (χ1) is 17.4. The number of aliphatic hydroxyl groups is 3. The first-order valence-electron chi connectivity index (χ1n) is 12.2. The van der Waals surface area contributed by atoms with Crippen molar-refractivity contribution in [3.63, 3.8) is 0 Å². The van der Waals surface area contributed by atoms with Crippen LogP contribution in [0.25, 0.3) is 0 Å². The van der Waals surface area contributed by atoms with Gasteiger partial charge in [0.05, 0.1) is 59.5 Å². The second kappa shape index (κ2) is 17.8. The number of phosphoric acid groups is 1. The minimum atomic E-state index is -4.41. The van der Waals surface area contributed by atoms with Crippen LogP contribution in [0.2, 0.25) is 0 Å². The lowest BCUT2D eigenvalue weighted by molar-refractivity contribution is -0.272. The van der Waals surface area contributed by atoms with E-state index >= 15 is 0 Å². The van der Waals surface area contributed by atoms with Crippen molar-refractivity contribution < 1.29 is 62.3 Å². The van der Waals surface area contributed by atoms with Gasteiger partial charge in [0.15, 0.2) is 6.29 Å². The van der Waals surface area contributed by atoms with E-state index in [1.54, 1.807) is 0 Å². The number of ether oxygens (including phenoxy) is 5. The molecule has 1 fully saturated rings. The molecule has 0 saturated carbocycles. The third-order valence-corrected chi connectivity index (χ3v) is 5.82. The molecule has 1 saturated heterocycles. The van der Waals surface area contributed by atoms with Crippen LogP contribution in [0.5, 0.6) is 0 Å². The fourth-order valence-electron chi connectivity index (χ4n) is 3.12. The molecule has 1 aliphatic rings. The highest BCUT2D eigenvalue weighted by Gasteiger charge is 2.45. The molecule has 0 radical (unpaired) electrons. The number of rotatable bonds is 19. The molecule has 15 heteroatoms. The molecular formula is C22H43NO13P-. The summed E-state index contributed by atoms with van der Waals surface area (Å²) in [5.74, 6) is -0.450. The van der Waals surface area contributed by atoms with Crippen LogP contribution in [0.3, 0.4) is 0 Å². The Morgan fingerprint density at radius 2 is 1.54 bits per heavy atom. The van der Waals surface area contributed by atoms with Crippen LogP contribution in [0.4, 0.5) is 0 Å². The molecule has 4 N–H and O–H groups in total. The van der Waals surface area contributed by atoms with Gasteiger partial charge in [-0.3, -0.25) is 9.36 Å². The molecule has 0 aromatic heterocycles. The second-order valence-electron chi connectivity index (χ2n) is 9.61. The van der Waals surface area contributed by atoms with Crippen molar-refractivity contribution in [3.05, 3.63) is 0 Å². The molecule has 0 aromatic carbocycles. The van der Waals surface area contributed by atoms with E-state index in [1.165, 1.54) is 6.92 Å². The molecule has 220 valence electrons. The maximum absolute atomic E-state index is 11.7. The van der Waals surface area contributed by atoms with E-state index in [-0.39, 0.29) is 51.7 Å². The van der Waals surface area contributed by atoms with E-state index in [0.29, 0.717) is 19.6 Å². The third-order valence-electron chi connectivity index (χ3n) is 4.83. The van der Waals surface area contributed by atoms with Crippen LogP contribution in [-0.2, 0) is 42.1 Å². The van der Waals surface area contributed by atoms with Gasteiger partial charge in [-0.2, -0.15) is 0 Å². The lowest BCUT2D eigenvalue weighted by atomic mass is 9.97. The first-order valence-corrected chi connectivity index (χ1v) is 13.7. The van der Waals surface area contributed by atoms with E-state index in [2.05, 4.69) is 5.32 Å². The summed E-state index contributed by atoms with van der Waals surface area (Å²) in [6.45, 7) is 8.09. The van der Waals surface area contributed by atoms with Crippen LogP contribution < -0.4 is 10.2 Å². The number of hydrogen-bond acceptors (Lipinski definition) is 13. The van der Waals surface area contributed by atoms with Crippen LogP contribution in [0, 0.1) is 5.41 Å². The standard InChI is InChI=1S/C22H44NO13P/c1-16(25)23-18-20(27)19(26)17(14-24)36-21(18)33-12-10-30-8-9-31-11-13-35-37(28,29)34-7-5-6-32-15-22(2,3)4/h17-21,24,26-27H,5-15H2,1-4H3,(H,23,25)(H,28,29)/p-1/t17-,18-,19+,20-,21-/m1/s1. The minimum Gasteiger partial charge on any atom is -0.756 e. The molecule has 0 bridgehead atoms. The predicted molar refractivity (Wildman–Crippen MR) is 127 cm³/mol. The highest BCUT2D eigenvalue weighted by Crippen LogP contribution is 2.37. The Morgan fingerprint density at radius 1 is 0.946 bits per heavy atom. The number of nitrogens with one attached hydrogen (secondary N) is 1. The van der Waals surface area contributed by atoms with Crippen LogP contribution >= 0.6 is 7.82 Å². The predicted octanol–water partition coefficient (Wildman–Crippen LogP) is -1.07. The number of carbonyl (C=O) groups is 1. The Hall–Kier alpha value is -0.740. The maximum Gasteiger partial charge on any atom is 0.267 e. The van der Waals surface area contributed by atoms with Gasteiger partial charge in [0, 0.05) is 13.5 Å². The number of carbonyl (C=O) groups excluding carboxylic acids is 1. The highest BCUT2D eigenvalue weighted by molar-refractivity contribution is 7.45. The fourth-order valence-corrected chi connectivity index (χ4v) is 3.84. The van der Waals surface area contributed by atoms with Gasteiger partial charge in [-0.25, -0.2) is 0 Å². The molecule has 1 unspecified atom stereocenters. The number of aliphatic hydroxyl groups excluding tert-OH is 3. The number of amides is 1. The lowest BCUT2D eigenvalue weighted by Gasteiger charge is -2.42. The Kier molecular flexibility index (Phi) is 16.5. The molecule has 1 rings (SSSR count). The topological polar surface area (TPSA) is 195 Å². The first kappa shape index (κ1) is 34.3. The number of phosphoric ester groups is 1. The van der Waals surface area contributed by atoms with Gasteiger partial charge in [-0.05, 0) is 11.8 Å². The molecule has 0 aliphatic carbocycles. The molecule has 1 amide bonds. The van der Waals surface area contributed by atoms with Crippen molar-refractivity contribution in [1.82, 2.24) is 5.32 Å². The molecule has 1 heterocycles. The van der Waals surface area contributed by atoms with Gasteiger partial charge in [0.2, 0.25) is 5.91 Å². The van der Waals surface area contributed by atoms with Crippen molar-refractivity contribution in [1.29, 1.82) is 0 Å². The molecule has 0 aromatic rings. The molecule has 0 spiro atoms. The van der Waals surface area contributed by atoms with Gasteiger partial charge in [-0.1, -0.05) is 20.8 Å². The van der Waals surface area contributed by atoms with Gasteiger partial charge >= 0.3 is 0 Å². The van der Waals surface area contributed by atoms with Gasteiger partial charge < -0.3 is 58.3 Å². The zero-order valence-electron chi connectivity index (χ0n) is 22.0. The second-order valence-corrected chi connectivity index (χ2v) is 11.0. The minimum absolute atomic E-state index is 0.0151. The summed E-state index contributed by atoms with van der Waals surface area (Å²) in [6.07, 6.45) is -4.52. The smallest absolute Gasteiger partial charge is 0.267 e. The van der Waals surface area contributed by atoms with E-state index in [9.17, 15) is 29.6 Å². The van der Waals surface area contributed by atoms with Crippen molar-refractivity contribution in [3.8, 4) is 0 Å². The third kappa shape index (κ3) is 15.4. The summed E-state index contributed by atoms with van der Waals surface area (Å²) < 4.78 is 48.1. The van der Waals surface area contributed by atoms with Crippen molar-refractivity contribution in [2.75, 3.05) is 66.1 Å². The van der Waals surface area contributed by atoms with Crippen molar-refractivity contribution >= 4 is 13.7 Å². The Labute approximate surface area is 218 Å². The normalized spacial score (nSPS) is 26.1. The summed E-state index contributed by atoms with van der Waals surface area (Å²) >= 11 is 0. The van der Waals surface area contributed by atoms with E-state index in [4.69, 9.17) is 32.7 Å². The Morgan fingerprint density at radius 3 is 2.14 bits per heavy atom. The van der Waals surface area contributed by atoms with Crippen LogP contribution in [-0.4, -0.2) is 118 Å². The quantitative estimate of drug-likeness (QED) is 0.110. The van der Waals surface area contributed by atoms with Gasteiger partial charge in [0.25, 0.3) is 7.82 Å². The summed E-state index contributed by atoms with van der Waals surface area (Å²) in [4.78, 5) is 23.1. The van der Waals surface area contributed by atoms with Gasteiger partial charge in [0.1, 0.15) is 24.4 Å². The average Bonchev–Trinajstić information content (AvgIpc) is 2.80. The summed E-state index contributed by atoms with van der Waals surface area (Å²) in [5.41, 5.74) is 0.0411. The van der Waals surface area contributed by atoms with Crippen LogP contribution in [0.1, 0.15) is 34.1 Å². The molecule has 6 atom stereocenters.